The van der Waals surface area contributed by atoms with Gasteiger partial charge in [0, 0.05) is 18.6 Å². The summed E-state index contributed by atoms with van der Waals surface area (Å²) in [5.74, 6) is 2.93. The summed E-state index contributed by atoms with van der Waals surface area (Å²) >= 11 is 0. The third kappa shape index (κ3) is 13.7. The summed E-state index contributed by atoms with van der Waals surface area (Å²) in [5, 5.41) is 0.464. The average Bonchev–Trinajstić information content (AvgIpc) is 2.70. The Hall–Kier alpha value is 0.0906. The van der Waals surface area contributed by atoms with Gasteiger partial charge in [-0.05, 0) is 73.7 Å². The number of unbranched alkanes of at least 4 members (excludes halogenated alkanes) is 4. The lowest BCUT2D eigenvalue weighted by molar-refractivity contribution is 0.0506. The molecule has 0 rings (SSSR count). The van der Waals surface area contributed by atoms with Crippen LogP contribution >= 0.6 is 0 Å². The Morgan fingerprint density at radius 1 is 0.564 bits per heavy atom. The van der Waals surface area contributed by atoms with Gasteiger partial charge in [-0.3, -0.25) is 0 Å². The molecule has 0 aromatic carbocycles. The van der Waals surface area contributed by atoms with Crippen molar-refractivity contribution < 1.29 is 13.3 Å². The molecular weight excluding hydrogens is 529 g/mol. The first-order valence-corrected chi connectivity index (χ1v) is 24.6. The molecular formula is C33H70O3Si3. The third-order valence-electron chi connectivity index (χ3n) is 9.83. The van der Waals surface area contributed by atoms with E-state index < -0.39 is 25.0 Å². The maximum absolute atomic E-state index is 7.20. The molecule has 0 aliphatic heterocycles. The van der Waals surface area contributed by atoms with E-state index in [0.717, 1.165) is 19.3 Å². The first-order chi connectivity index (χ1) is 17.4. The molecule has 0 aliphatic rings. The van der Waals surface area contributed by atoms with Gasteiger partial charge < -0.3 is 13.3 Å². The van der Waals surface area contributed by atoms with E-state index >= 15 is 0 Å². The summed E-state index contributed by atoms with van der Waals surface area (Å²) in [6.07, 6.45) is 16.1. The van der Waals surface area contributed by atoms with Gasteiger partial charge in [-0.1, -0.05) is 101 Å². The van der Waals surface area contributed by atoms with Crippen molar-refractivity contribution in [3.8, 4) is 12.3 Å². The molecule has 6 heteroatoms. The smallest absolute Gasteiger partial charge is 0.192 e. The van der Waals surface area contributed by atoms with Gasteiger partial charge in [-0.2, -0.15) is 0 Å². The highest BCUT2D eigenvalue weighted by molar-refractivity contribution is 6.75. The molecule has 3 atom stereocenters. The molecule has 0 spiro atoms. The molecule has 3 nitrogen and oxygen atoms in total. The van der Waals surface area contributed by atoms with Crippen LogP contribution in [-0.2, 0) is 13.3 Å². The number of hydrogen-bond acceptors (Lipinski definition) is 3. The molecule has 39 heavy (non-hydrogen) atoms. The Bertz CT molecular complexity index is 733. The Kier molecular flexibility index (Phi) is 15.6. The predicted octanol–water partition coefficient (Wildman–Crippen LogP) is 11.3. The van der Waals surface area contributed by atoms with Crippen LogP contribution in [0.4, 0.5) is 0 Å². The number of rotatable bonds is 17. The zero-order valence-corrected chi connectivity index (χ0v) is 32.4. The van der Waals surface area contributed by atoms with E-state index in [1.165, 1.54) is 32.1 Å². The molecule has 0 saturated heterocycles. The van der Waals surface area contributed by atoms with Gasteiger partial charge in [-0.15, -0.1) is 12.3 Å². The van der Waals surface area contributed by atoms with E-state index in [0.29, 0.717) is 6.42 Å². The van der Waals surface area contributed by atoms with E-state index in [-0.39, 0.29) is 33.4 Å². The molecule has 0 heterocycles. The Morgan fingerprint density at radius 3 is 1.31 bits per heavy atom. The fourth-order valence-electron chi connectivity index (χ4n) is 4.06. The lowest BCUT2D eigenvalue weighted by Gasteiger charge is -2.44. The summed E-state index contributed by atoms with van der Waals surface area (Å²) in [6.45, 7) is 37.4. The lowest BCUT2D eigenvalue weighted by atomic mass is 10.00. The lowest BCUT2D eigenvalue weighted by Crippen LogP contribution is -2.49. The van der Waals surface area contributed by atoms with Crippen molar-refractivity contribution in [1.29, 1.82) is 0 Å². The van der Waals surface area contributed by atoms with Crippen molar-refractivity contribution in [1.82, 2.24) is 0 Å². The minimum atomic E-state index is -2.00. The Morgan fingerprint density at radius 2 is 0.923 bits per heavy atom. The van der Waals surface area contributed by atoms with Gasteiger partial charge in [0.05, 0.1) is 6.10 Å². The van der Waals surface area contributed by atoms with E-state index in [1.54, 1.807) is 0 Å². The normalized spacial score (nSPS) is 16.6. The standard InChI is InChI=1S/C33H70O3Si3/c1-18-20-21-22-23-25-29(35-38(14,15)32(6,7)8)27-30(36-39(16,17)33(9,10)11)26-28(24-19-2)34-37(12,13)31(3,4)5/h2,28-30H,18,20-27H2,1,3-17H3/t28-,29+,30-/m0/s1. The van der Waals surface area contributed by atoms with Crippen molar-refractivity contribution in [2.45, 2.75) is 200 Å². The van der Waals surface area contributed by atoms with E-state index in [2.05, 4.69) is 114 Å². The first kappa shape index (κ1) is 39.1. The largest absolute Gasteiger partial charge is 0.414 e. The molecule has 0 radical (unpaired) electrons. The van der Waals surface area contributed by atoms with Crippen LogP contribution in [0.5, 0.6) is 0 Å². The van der Waals surface area contributed by atoms with E-state index in [4.69, 9.17) is 19.7 Å². The second-order valence-electron chi connectivity index (χ2n) is 16.6. The highest BCUT2D eigenvalue weighted by Crippen LogP contribution is 2.42. The Labute approximate surface area is 249 Å². The summed E-state index contributed by atoms with van der Waals surface area (Å²) < 4.78 is 21.3. The maximum Gasteiger partial charge on any atom is 0.192 e. The average molecular weight is 599 g/mol. The second-order valence-corrected chi connectivity index (χ2v) is 30.9. The minimum Gasteiger partial charge on any atom is -0.414 e. The fraction of sp³-hybridized carbons (Fsp3) is 0.939. The molecule has 0 amide bonds. The van der Waals surface area contributed by atoms with Crippen molar-refractivity contribution in [3.63, 3.8) is 0 Å². The molecule has 0 saturated carbocycles. The van der Waals surface area contributed by atoms with Crippen molar-refractivity contribution in [2.24, 2.45) is 0 Å². The van der Waals surface area contributed by atoms with Crippen LogP contribution < -0.4 is 0 Å². The molecule has 0 aliphatic carbocycles. The molecule has 0 aromatic heterocycles. The molecule has 0 aromatic rings. The highest BCUT2D eigenvalue weighted by atomic mass is 28.4. The highest BCUT2D eigenvalue weighted by Gasteiger charge is 2.44. The summed E-state index contributed by atoms with van der Waals surface area (Å²) in [6, 6.07) is 0. The fourth-order valence-corrected chi connectivity index (χ4v) is 8.21. The van der Waals surface area contributed by atoms with Crippen molar-refractivity contribution in [2.75, 3.05) is 0 Å². The van der Waals surface area contributed by atoms with Crippen LogP contribution in [0.1, 0.15) is 127 Å². The van der Waals surface area contributed by atoms with Crippen LogP contribution in [0.2, 0.25) is 54.4 Å². The van der Waals surface area contributed by atoms with E-state index in [9.17, 15) is 0 Å². The number of terminal acetylenes is 1. The summed E-state index contributed by atoms with van der Waals surface area (Å²) in [7, 11) is -5.90. The van der Waals surface area contributed by atoms with Crippen LogP contribution in [0.15, 0.2) is 0 Å². The molecule has 0 bridgehead atoms. The second kappa shape index (κ2) is 15.5. The topological polar surface area (TPSA) is 27.7 Å². The van der Waals surface area contributed by atoms with Crippen molar-refractivity contribution in [3.05, 3.63) is 0 Å². The van der Waals surface area contributed by atoms with Crippen LogP contribution in [0.3, 0.4) is 0 Å². The van der Waals surface area contributed by atoms with Crippen LogP contribution in [0, 0.1) is 12.3 Å². The van der Waals surface area contributed by atoms with Gasteiger partial charge in [0.2, 0.25) is 0 Å². The van der Waals surface area contributed by atoms with Gasteiger partial charge in [0.1, 0.15) is 0 Å². The maximum atomic E-state index is 7.20. The molecule has 0 unspecified atom stereocenters. The third-order valence-corrected chi connectivity index (χ3v) is 23.4. The van der Waals surface area contributed by atoms with E-state index in [1.807, 2.05) is 0 Å². The van der Waals surface area contributed by atoms with Gasteiger partial charge in [0.25, 0.3) is 0 Å². The predicted molar refractivity (Wildman–Crippen MR) is 182 cm³/mol. The van der Waals surface area contributed by atoms with Crippen LogP contribution in [0.25, 0.3) is 0 Å². The molecule has 0 N–H and O–H groups in total. The van der Waals surface area contributed by atoms with Gasteiger partial charge >= 0.3 is 0 Å². The van der Waals surface area contributed by atoms with Crippen molar-refractivity contribution >= 4 is 25.0 Å². The van der Waals surface area contributed by atoms with Gasteiger partial charge in [0.15, 0.2) is 25.0 Å². The zero-order chi connectivity index (χ0) is 30.9. The monoisotopic (exact) mass is 598 g/mol. The quantitative estimate of drug-likeness (QED) is 0.0946. The van der Waals surface area contributed by atoms with Gasteiger partial charge in [-0.25, -0.2) is 0 Å². The first-order valence-electron chi connectivity index (χ1n) is 15.9. The molecule has 0 fully saturated rings. The zero-order valence-electron chi connectivity index (χ0n) is 29.4. The number of hydrogen-bond donors (Lipinski definition) is 0. The van der Waals surface area contributed by atoms with Crippen LogP contribution in [-0.4, -0.2) is 43.3 Å². The Balaban J connectivity index is 6.20. The summed E-state index contributed by atoms with van der Waals surface area (Å²) in [4.78, 5) is 0. The SMILES string of the molecule is C#CC[C@@H](C[C@@H](C[C@@H](CCCCCCC)O[Si](C)(C)C(C)(C)C)O[Si](C)(C)C(C)(C)C)O[Si](C)(C)C(C)(C)C. The minimum absolute atomic E-state index is 0.0173. The summed E-state index contributed by atoms with van der Waals surface area (Å²) in [5.41, 5.74) is 0. The molecule has 232 valence electrons.